The number of carbonyl (C=O) groups excluding carboxylic acids is 2. The predicted molar refractivity (Wildman–Crippen MR) is 127 cm³/mol. The largest absolute Gasteiger partial charge is 0.496 e. The van der Waals surface area contributed by atoms with E-state index < -0.39 is 17.7 Å². The van der Waals surface area contributed by atoms with Crippen LogP contribution in [0.2, 0.25) is 0 Å². The lowest BCUT2D eigenvalue weighted by molar-refractivity contribution is -0.222. The smallest absolute Gasteiger partial charge is 0.348 e. The van der Waals surface area contributed by atoms with E-state index in [0.29, 0.717) is 11.3 Å². The Morgan fingerprint density at radius 3 is 2.21 bits per heavy atom. The molecule has 6 nitrogen and oxygen atoms in total. The van der Waals surface area contributed by atoms with Crippen LogP contribution in [0.15, 0.2) is 78.4 Å². The van der Waals surface area contributed by atoms with Crippen LogP contribution < -0.4 is 9.47 Å². The van der Waals surface area contributed by atoms with Gasteiger partial charge in [-0.2, -0.15) is 0 Å². The minimum Gasteiger partial charge on any atom is -0.496 e. The second kappa shape index (κ2) is 9.83. The fourth-order valence-electron chi connectivity index (χ4n) is 3.71. The van der Waals surface area contributed by atoms with E-state index in [1.807, 2.05) is 48.5 Å². The molecule has 0 radical (unpaired) electrons. The number of rotatable bonds is 7. The van der Waals surface area contributed by atoms with Gasteiger partial charge in [0.2, 0.25) is 0 Å². The normalized spacial score (nSPS) is 14.7. The highest BCUT2D eigenvalue weighted by molar-refractivity contribution is 6.18. The molecule has 1 aliphatic heterocycles. The number of ether oxygens (including phenoxy) is 4. The highest BCUT2D eigenvalue weighted by Crippen LogP contribution is 2.28. The minimum atomic E-state index is -1.28. The maximum Gasteiger partial charge on any atom is 0.348 e. The first kappa shape index (κ1) is 23.1. The molecule has 0 unspecified atom stereocenters. The number of carbonyl (C=O) groups is 2. The second-order valence-electron chi connectivity index (χ2n) is 8.37. The molecule has 0 spiro atoms. The van der Waals surface area contributed by atoms with E-state index in [1.165, 1.54) is 25.5 Å². The minimum absolute atomic E-state index is 0.162. The Hall–Kier alpha value is -4.06. The summed E-state index contributed by atoms with van der Waals surface area (Å²) in [6, 6.07) is 23.4. The number of methoxy groups -OCH3 is 1. The van der Waals surface area contributed by atoms with Gasteiger partial charge in [0.1, 0.15) is 23.7 Å². The SMILES string of the molecule is COc1ccc(C=C2C(=O)OC(C)(C)OC2=O)cc1COc1ccccc1Cc1ccccc1. The number of hydrogen-bond donors (Lipinski definition) is 0. The van der Waals surface area contributed by atoms with Crippen LogP contribution in [0.5, 0.6) is 11.5 Å². The molecule has 174 valence electrons. The second-order valence-corrected chi connectivity index (χ2v) is 8.37. The van der Waals surface area contributed by atoms with Gasteiger partial charge in [0.05, 0.1) is 7.11 Å². The molecule has 0 aromatic heterocycles. The summed E-state index contributed by atoms with van der Waals surface area (Å²) in [5.74, 6) is -1.30. The van der Waals surface area contributed by atoms with Crippen LogP contribution in [0.3, 0.4) is 0 Å². The molecular formula is C28H26O6. The van der Waals surface area contributed by atoms with Crippen molar-refractivity contribution in [1.82, 2.24) is 0 Å². The van der Waals surface area contributed by atoms with Crippen molar-refractivity contribution >= 4 is 18.0 Å². The third-order valence-electron chi connectivity index (χ3n) is 5.33. The van der Waals surface area contributed by atoms with Gasteiger partial charge in [-0.15, -0.1) is 0 Å². The molecule has 0 atom stereocenters. The molecule has 1 saturated heterocycles. The molecule has 4 rings (SSSR count). The van der Waals surface area contributed by atoms with Crippen molar-refractivity contribution in [2.75, 3.05) is 7.11 Å². The Morgan fingerprint density at radius 2 is 1.50 bits per heavy atom. The van der Waals surface area contributed by atoms with Crippen molar-refractivity contribution in [2.45, 2.75) is 32.7 Å². The van der Waals surface area contributed by atoms with E-state index in [4.69, 9.17) is 18.9 Å². The molecule has 3 aromatic carbocycles. The van der Waals surface area contributed by atoms with E-state index in [0.717, 1.165) is 23.3 Å². The van der Waals surface area contributed by atoms with Crippen LogP contribution >= 0.6 is 0 Å². The molecule has 0 aliphatic carbocycles. The summed E-state index contributed by atoms with van der Waals surface area (Å²) in [5, 5.41) is 0. The summed E-state index contributed by atoms with van der Waals surface area (Å²) < 4.78 is 22.0. The van der Waals surface area contributed by atoms with Gasteiger partial charge in [-0.1, -0.05) is 54.6 Å². The Morgan fingerprint density at radius 1 is 0.824 bits per heavy atom. The van der Waals surface area contributed by atoms with E-state index >= 15 is 0 Å². The standard InChI is InChI=1S/C28H26O6/c1-28(2)33-26(29)23(27(30)34-28)17-20-13-14-24(31-3)22(16-20)18-32-25-12-8-7-11-21(25)15-19-9-5-4-6-10-19/h4-14,16-17H,15,18H2,1-3H3. The summed E-state index contributed by atoms with van der Waals surface area (Å²) >= 11 is 0. The molecule has 1 aliphatic rings. The number of para-hydroxylation sites is 1. The van der Waals surface area contributed by atoms with Crippen LogP contribution in [-0.4, -0.2) is 24.8 Å². The van der Waals surface area contributed by atoms with Crippen molar-refractivity contribution in [3.8, 4) is 11.5 Å². The first-order chi connectivity index (χ1) is 16.3. The van der Waals surface area contributed by atoms with Gasteiger partial charge in [0, 0.05) is 25.8 Å². The van der Waals surface area contributed by atoms with Crippen LogP contribution in [0.25, 0.3) is 6.08 Å². The molecule has 34 heavy (non-hydrogen) atoms. The van der Waals surface area contributed by atoms with Gasteiger partial charge in [-0.3, -0.25) is 0 Å². The van der Waals surface area contributed by atoms with E-state index in [1.54, 1.807) is 19.2 Å². The van der Waals surface area contributed by atoms with Crippen molar-refractivity contribution in [2.24, 2.45) is 0 Å². The lowest BCUT2D eigenvalue weighted by atomic mass is 10.0. The summed E-state index contributed by atoms with van der Waals surface area (Å²) in [5.41, 5.74) is 3.50. The van der Waals surface area contributed by atoms with E-state index in [-0.39, 0.29) is 12.2 Å². The lowest BCUT2D eigenvalue weighted by Gasteiger charge is -2.29. The topological polar surface area (TPSA) is 71.1 Å². The first-order valence-corrected chi connectivity index (χ1v) is 10.9. The Bertz CT molecular complexity index is 1200. The number of cyclic esters (lactones) is 2. The molecule has 1 fully saturated rings. The van der Waals surface area contributed by atoms with Gasteiger partial charge in [-0.25, -0.2) is 9.59 Å². The number of esters is 2. The van der Waals surface area contributed by atoms with Crippen molar-refractivity contribution < 1.29 is 28.5 Å². The van der Waals surface area contributed by atoms with Gasteiger partial charge in [0.25, 0.3) is 5.79 Å². The highest BCUT2D eigenvalue weighted by atomic mass is 16.7. The average Bonchev–Trinajstić information content (AvgIpc) is 2.81. The Balaban J connectivity index is 1.55. The van der Waals surface area contributed by atoms with Gasteiger partial charge in [0.15, 0.2) is 0 Å². The quantitative estimate of drug-likeness (QED) is 0.279. The molecule has 0 bridgehead atoms. The van der Waals surface area contributed by atoms with Crippen molar-refractivity contribution in [3.05, 3.63) is 101 Å². The van der Waals surface area contributed by atoms with Gasteiger partial charge in [-0.05, 0) is 41.0 Å². The molecule has 0 saturated carbocycles. The third kappa shape index (κ3) is 5.46. The van der Waals surface area contributed by atoms with Crippen LogP contribution in [0, 0.1) is 0 Å². The van der Waals surface area contributed by atoms with Crippen molar-refractivity contribution in [1.29, 1.82) is 0 Å². The van der Waals surface area contributed by atoms with Gasteiger partial charge < -0.3 is 18.9 Å². The average molecular weight is 459 g/mol. The Kier molecular flexibility index (Phi) is 6.68. The lowest BCUT2D eigenvalue weighted by Crippen LogP contribution is -2.41. The summed E-state index contributed by atoms with van der Waals surface area (Å²) in [6.07, 6.45) is 2.20. The fourth-order valence-corrected chi connectivity index (χ4v) is 3.71. The highest BCUT2D eigenvalue weighted by Gasteiger charge is 2.38. The summed E-state index contributed by atoms with van der Waals surface area (Å²) in [4.78, 5) is 24.6. The fraction of sp³-hybridized carbons (Fsp3) is 0.214. The van der Waals surface area contributed by atoms with E-state index in [9.17, 15) is 9.59 Å². The van der Waals surface area contributed by atoms with Crippen LogP contribution in [0.1, 0.15) is 36.1 Å². The van der Waals surface area contributed by atoms with E-state index in [2.05, 4.69) is 12.1 Å². The summed E-state index contributed by atoms with van der Waals surface area (Å²) in [6.45, 7) is 3.27. The maximum atomic E-state index is 12.3. The zero-order valence-electron chi connectivity index (χ0n) is 19.4. The zero-order chi connectivity index (χ0) is 24.1. The van der Waals surface area contributed by atoms with Crippen LogP contribution in [0.4, 0.5) is 0 Å². The third-order valence-corrected chi connectivity index (χ3v) is 5.33. The molecule has 3 aromatic rings. The summed E-state index contributed by atoms with van der Waals surface area (Å²) in [7, 11) is 1.58. The maximum absolute atomic E-state index is 12.3. The molecular weight excluding hydrogens is 432 g/mol. The molecule has 6 heteroatoms. The van der Waals surface area contributed by atoms with Crippen molar-refractivity contribution in [3.63, 3.8) is 0 Å². The number of hydrogen-bond acceptors (Lipinski definition) is 6. The van der Waals surface area contributed by atoms with Gasteiger partial charge >= 0.3 is 11.9 Å². The zero-order valence-corrected chi connectivity index (χ0v) is 19.4. The van der Waals surface area contributed by atoms with Crippen LogP contribution in [-0.2, 0) is 32.1 Å². The Labute approximate surface area is 198 Å². The number of benzene rings is 3. The monoisotopic (exact) mass is 458 g/mol. The molecule has 1 heterocycles. The predicted octanol–water partition coefficient (Wildman–Crippen LogP) is 5.08. The molecule has 0 N–H and O–H groups in total. The molecule has 0 amide bonds. The first-order valence-electron chi connectivity index (χ1n) is 10.9.